The van der Waals surface area contributed by atoms with Gasteiger partial charge in [0.2, 0.25) is 0 Å². The van der Waals surface area contributed by atoms with Gasteiger partial charge in [0.05, 0.1) is 10.9 Å². The Balaban J connectivity index is 2.01. The van der Waals surface area contributed by atoms with Crippen molar-refractivity contribution in [3.8, 4) is 0 Å². The highest BCUT2D eigenvalue weighted by atomic mass is 16.4. The number of fused-ring (bicyclic) bond motifs is 1. The number of carboxylic acid groups (broad SMARTS) is 1. The van der Waals surface area contributed by atoms with E-state index in [2.05, 4.69) is 0 Å². The van der Waals surface area contributed by atoms with E-state index in [-0.39, 0.29) is 5.91 Å². The lowest BCUT2D eigenvalue weighted by Crippen LogP contribution is -2.50. The summed E-state index contributed by atoms with van der Waals surface area (Å²) < 4.78 is 1.97. The van der Waals surface area contributed by atoms with E-state index >= 15 is 0 Å². The standard InChI is InChI=1S/C21H28N2O3/c1-5-10-21(20(25)26)11-7-12-23(13-21)19(24)18-15(3)16-9-6-8-14(2)17(16)22(18)4/h6,8-9H,5,7,10-13H2,1-4H3,(H,25,26). The van der Waals surface area contributed by atoms with Crippen LogP contribution in [0.25, 0.3) is 10.9 Å². The number of aromatic nitrogens is 1. The predicted octanol–water partition coefficient (Wildman–Crippen LogP) is 3.90. The smallest absolute Gasteiger partial charge is 0.311 e. The molecule has 0 bridgehead atoms. The number of carbonyl (C=O) groups excluding carboxylic acids is 1. The highest BCUT2D eigenvalue weighted by molar-refractivity contribution is 6.02. The van der Waals surface area contributed by atoms with Crippen molar-refractivity contribution in [2.75, 3.05) is 13.1 Å². The minimum absolute atomic E-state index is 0.0537. The van der Waals surface area contributed by atoms with Gasteiger partial charge < -0.3 is 14.6 Å². The zero-order chi connectivity index (χ0) is 19.1. The molecule has 1 aromatic carbocycles. The van der Waals surface area contributed by atoms with Gasteiger partial charge in [-0.25, -0.2) is 0 Å². The Hall–Kier alpha value is -2.30. The topological polar surface area (TPSA) is 62.5 Å². The molecule has 0 aliphatic carbocycles. The van der Waals surface area contributed by atoms with Crippen molar-refractivity contribution < 1.29 is 14.7 Å². The van der Waals surface area contributed by atoms with Crippen LogP contribution in [0.2, 0.25) is 0 Å². The molecule has 140 valence electrons. The average molecular weight is 356 g/mol. The highest BCUT2D eigenvalue weighted by Gasteiger charge is 2.43. The second-order valence-electron chi connectivity index (χ2n) is 7.67. The fraction of sp³-hybridized carbons (Fsp3) is 0.524. The second-order valence-corrected chi connectivity index (χ2v) is 7.67. The maximum absolute atomic E-state index is 13.3. The van der Waals surface area contributed by atoms with E-state index in [1.807, 2.05) is 50.6 Å². The van der Waals surface area contributed by atoms with Crippen molar-refractivity contribution in [2.45, 2.75) is 46.5 Å². The number of rotatable bonds is 4. The van der Waals surface area contributed by atoms with Crippen LogP contribution in [0.15, 0.2) is 18.2 Å². The first-order valence-electron chi connectivity index (χ1n) is 9.39. The minimum Gasteiger partial charge on any atom is -0.481 e. The number of benzene rings is 1. The molecule has 5 heteroatoms. The lowest BCUT2D eigenvalue weighted by molar-refractivity contribution is -0.152. The molecule has 1 atom stereocenters. The fourth-order valence-electron chi connectivity index (χ4n) is 4.62. The summed E-state index contributed by atoms with van der Waals surface area (Å²) >= 11 is 0. The molecule has 1 aliphatic rings. The SMILES string of the molecule is CCCC1(C(=O)O)CCCN(C(=O)c2c(C)c3cccc(C)c3n2C)C1. The van der Waals surface area contributed by atoms with Crippen LogP contribution >= 0.6 is 0 Å². The number of amides is 1. The van der Waals surface area contributed by atoms with Crippen LogP contribution in [-0.4, -0.2) is 39.5 Å². The van der Waals surface area contributed by atoms with E-state index in [9.17, 15) is 14.7 Å². The number of para-hydroxylation sites is 1. The second kappa shape index (κ2) is 6.78. The van der Waals surface area contributed by atoms with Crippen molar-refractivity contribution in [2.24, 2.45) is 12.5 Å². The molecule has 5 nitrogen and oxygen atoms in total. The maximum atomic E-state index is 13.3. The Morgan fingerprint density at radius 1 is 1.27 bits per heavy atom. The molecule has 0 spiro atoms. The average Bonchev–Trinajstić information content (AvgIpc) is 2.86. The van der Waals surface area contributed by atoms with Crippen LogP contribution in [-0.2, 0) is 11.8 Å². The van der Waals surface area contributed by atoms with Gasteiger partial charge in [0.25, 0.3) is 5.91 Å². The van der Waals surface area contributed by atoms with E-state index < -0.39 is 11.4 Å². The van der Waals surface area contributed by atoms with Gasteiger partial charge in [0.15, 0.2) is 0 Å². The first-order valence-corrected chi connectivity index (χ1v) is 9.39. The van der Waals surface area contributed by atoms with Gasteiger partial charge in [-0.2, -0.15) is 0 Å². The number of piperidine rings is 1. The van der Waals surface area contributed by atoms with Crippen molar-refractivity contribution >= 4 is 22.8 Å². The Bertz CT molecular complexity index is 864. The monoisotopic (exact) mass is 356 g/mol. The quantitative estimate of drug-likeness (QED) is 0.904. The van der Waals surface area contributed by atoms with Crippen LogP contribution in [0, 0.1) is 19.3 Å². The molecule has 1 unspecified atom stereocenters. The van der Waals surface area contributed by atoms with Gasteiger partial charge in [0.1, 0.15) is 5.69 Å². The fourth-order valence-corrected chi connectivity index (χ4v) is 4.62. The normalized spacial score (nSPS) is 20.5. The summed E-state index contributed by atoms with van der Waals surface area (Å²) in [6, 6.07) is 6.10. The third-order valence-corrected chi connectivity index (χ3v) is 5.92. The van der Waals surface area contributed by atoms with Gasteiger partial charge in [-0.15, -0.1) is 0 Å². The summed E-state index contributed by atoms with van der Waals surface area (Å²) in [6.45, 7) is 6.96. The molecule has 1 fully saturated rings. The van der Waals surface area contributed by atoms with Crippen LogP contribution in [0.4, 0.5) is 0 Å². The van der Waals surface area contributed by atoms with E-state index in [0.717, 1.165) is 34.9 Å². The molecule has 3 rings (SSSR count). The van der Waals surface area contributed by atoms with Crippen molar-refractivity contribution in [3.05, 3.63) is 35.0 Å². The van der Waals surface area contributed by atoms with Gasteiger partial charge in [-0.05, 0) is 44.2 Å². The number of likely N-dealkylation sites (tertiary alicyclic amines) is 1. The third-order valence-electron chi connectivity index (χ3n) is 5.92. The molecular weight excluding hydrogens is 328 g/mol. The number of aliphatic carboxylic acids is 1. The molecular formula is C21H28N2O3. The summed E-state index contributed by atoms with van der Waals surface area (Å²) in [5.74, 6) is -0.830. The number of aryl methyl sites for hydroxylation is 3. The van der Waals surface area contributed by atoms with E-state index in [1.54, 1.807) is 4.90 Å². The number of carbonyl (C=O) groups is 2. The van der Waals surface area contributed by atoms with E-state index in [4.69, 9.17) is 0 Å². The van der Waals surface area contributed by atoms with Crippen molar-refractivity contribution in [3.63, 3.8) is 0 Å². The minimum atomic E-state index is -0.808. The van der Waals surface area contributed by atoms with Crippen LogP contribution in [0.1, 0.15) is 54.2 Å². The van der Waals surface area contributed by atoms with Crippen LogP contribution in [0.3, 0.4) is 0 Å². The zero-order valence-corrected chi connectivity index (χ0v) is 16.1. The summed E-state index contributed by atoms with van der Waals surface area (Å²) in [7, 11) is 1.93. The molecule has 26 heavy (non-hydrogen) atoms. The van der Waals surface area contributed by atoms with Crippen molar-refractivity contribution in [1.29, 1.82) is 0 Å². The molecule has 2 aromatic rings. The Morgan fingerprint density at radius 3 is 2.62 bits per heavy atom. The number of carboxylic acids is 1. The third kappa shape index (κ3) is 2.79. The lowest BCUT2D eigenvalue weighted by atomic mass is 9.76. The summed E-state index contributed by atoms with van der Waals surface area (Å²) in [5.41, 5.74) is 3.04. The highest BCUT2D eigenvalue weighted by Crippen LogP contribution is 2.36. The summed E-state index contributed by atoms with van der Waals surface area (Å²) in [6.07, 6.45) is 2.80. The van der Waals surface area contributed by atoms with Crippen LogP contribution in [0.5, 0.6) is 0 Å². The molecule has 1 aromatic heterocycles. The molecule has 2 heterocycles. The Kier molecular flexibility index (Phi) is 4.82. The number of hydrogen-bond donors (Lipinski definition) is 1. The molecule has 1 saturated heterocycles. The molecule has 0 saturated carbocycles. The van der Waals surface area contributed by atoms with Gasteiger partial charge in [0, 0.05) is 25.5 Å². The molecule has 1 aliphatic heterocycles. The first kappa shape index (κ1) is 18.5. The lowest BCUT2D eigenvalue weighted by Gasteiger charge is -2.40. The maximum Gasteiger partial charge on any atom is 0.311 e. The number of hydrogen-bond acceptors (Lipinski definition) is 2. The molecule has 1 amide bonds. The van der Waals surface area contributed by atoms with Gasteiger partial charge in [-0.3, -0.25) is 9.59 Å². The molecule has 0 radical (unpaired) electrons. The zero-order valence-electron chi connectivity index (χ0n) is 16.1. The van der Waals surface area contributed by atoms with Crippen LogP contribution < -0.4 is 0 Å². The molecule has 1 N–H and O–H groups in total. The van der Waals surface area contributed by atoms with Gasteiger partial charge in [-0.1, -0.05) is 31.5 Å². The predicted molar refractivity (Wildman–Crippen MR) is 103 cm³/mol. The Morgan fingerprint density at radius 2 is 2.00 bits per heavy atom. The van der Waals surface area contributed by atoms with Crippen molar-refractivity contribution in [1.82, 2.24) is 9.47 Å². The largest absolute Gasteiger partial charge is 0.481 e. The number of nitrogens with zero attached hydrogens (tertiary/aromatic N) is 2. The first-order chi connectivity index (χ1) is 12.3. The Labute approximate surface area is 154 Å². The van der Waals surface area contributed by atoms with E-state index in [0.29, 0.717) is 31.6 Å². The van der Waals surface area contributed by atoms with E-state index in [1.165, 1.54) is 0 Å². The summed E-state index contributed by atoms with van der Waals surface area (Å²) in [5, 5.41) is 10.9. The van der Waals surface area contributed by atoms with Gasteiger partial charge >= 0.3 is 5.97 Å². The summed E-state index contributed by atoms with van der Waals surface area (Å²) in [4.78, 5) is 27.1.